The monoisotopic (exact) mass is 388 g/mol. The highest BCUT2D eigenvalue weighted by Gasteiger charge is 2.21. The van der Waals surface area contributed by atoms with E-state index in [0.29, 0.717) is 21.4 Å². The van der Waals surface area contributed by atoms with Crippen LogP contribution in [0.5, 0.6) is 5.75 Å². The van der Waals surface area contributed by atoms with Crippen LogP contribution in [0.25, 0.3) is 12.2 Å². The van der Waals surface area contributed by atoms with Gasteiger partial charge in [0, 0.05) is 5.56 Å². The van der Waals surface area contributed by atoms with Gasteiger partial charge in [0.25, 0.3) is 0 Å². The number of ether oxygens (including phenoxy) is 1. The molecule has 0 amide bonds. The summed E-state index contributed by atoms with van der Waals surface area (Å²) in [5.41, 5.74) is 1.59. The third kappa shape index (κ3) is 4.36. The maximum atomic E-state index is 6.36. The third-order valence-corrected chi connectivity index (χ3v) is 5.09. The molecule has 2 rings (SSSR count). The summed E-state index contributed by atoms with van der Waals surface area (Å²) in [5, 5.41) is 1.20. The standard InChI is InChI=1S/C18H16Cl4O/c1-3-11(2)23-18-16(21)14(19)13(15(20)17(18)22)10-9-12-7-5-4-6-8-12/h4-11H,3H2,1-2H3. The highest BCUT2D eigenvalue weighted by Crippen LogP contribution is 2.47. The van der Waals surface area contributed by atoms with E-state index in [1.54, 1.807) is 6.08 Å². The van der Waals surface area contributed by atoms with Crippen LogP contribution in [0.4, 0.5) is 0 Å². The van der Waals surface area contributed by atoms with Crippen LogP contribution in [0.1, 0.15) is 31.4 Å². The summed E-state index contributed by atoms with van der Waals surface area (Å²) in [6, 6.07) is 9.80. The Bertz CT molecular complexity index is 682. The van der Waals surface area contributed by atoms with Crippen LogP contribution in [0, 0.1) is 0 Å². The predicted octanol–water partition coefficient (Wildman–Crippen LogP) is 7.65. The van der Waals surface area contributed by atoms with Gasteiger partial charge in [0.15, 0.2) is 5.75 Å². The van der Waals surface area contributed by atoms with E-state index in [2.05, 4.69) is 0 Å². The molecule has 0 saturated heterocycles. The summed E-state index contributed by atoms with van der Waals surface area (Å²) >= 11 is 25.4. The van der Waals surface area contributed by atoms with E-state index in [4.69, 9.17) is 51.1 Å². The molecule has 1 unspecified atom stereocenters. The van der Waals surface area contributed by atoms with Crippen LogP contribution < -0.4 is 4.74 Å². The van der Waals surface area contributed by atoms with Crippen molar-refractivity contribution in [3.63, 3.8) is 0 Å². The number of hydrogen-bond acceptors (Lipinski definition) is 1. The van der Waals surface area contributed by atoms with Crippen molar-refractivity contribution in [3.05, 3.63) is 61.5 Å². The molecule has 0 aromatic heterocycles. The molecule has 0 aliphatic carbocycles. The molecule has 2 aromatic carbocycles. The van der Waals surface area contributed by atoms with E-state index >= 15 is 0 Å². The van der Waals surface area contributed by atoms with Crippen LogP contribution in [0.15, 0.2) is 30.3 Å². The second kappa shape index (κ2) is 8.30. The Morgan fingerprint density at radius 3 is 2.00 bits per heavy atom. The zero-order chi connectivity index (χ0) is 17.0. The third-order valence-electron chi connectivity index (χ3n) is 3.39. The maximum Gasteiger partial charge on any atom is 0.159 e. The van der Waals surface area contributed by atoms with Gasteiger partial charge in [0.1, 0.15) is 10.0 Å². The van der Waals surface area contributed by atoms with Gasteiger partial charge in [-0.3, -0.25) is 0 Å². The molecule has 122 valence electrons. The van der Waals surface area contributed by atoms with Gasteiger partial charge in [0.2, 0.25) is 0 Å². The summed E-state index contributed by atoms with van der Waals surface area (Å²) in [4.78, 5) is 0. The number of rotatable bonds is 5. The van der Waals surface area contributed by atoms with Crippen molar-refractivity contribution in [2.24, 2.45) is 0 Å². The van der Waals surface area contributed by atoms with Crippen molar-refractivity contribution in [1.82, 2.24) is 0 Å². The molecule has 0 aliphatic heterocycles. The molecule has 0 aliphatic rings. The molecule has 1 nitrogen and oxygen atoms in total. The zero-order valence-electron chi connectivity index (χ0n) is 12.7. The van der Waals surface area contributed by atoms with E-state index in [1.807, 2.05) is 50.3 Å². The smallest absolute Gasteiger partial charge is 0.159 e. The second-order valence-electron chi connectivity index (χ2n) is 5.08. The first-order valence-electron chi connectivity index (χ1n) is 7.21. The topological polar surface area (TPSA) is 9.23 Å². The van der Waals surface area contributed by atoms with Crippen LogP contribution in [-0.4, -0.2) is 6.10 Å². The van der Waals surface area contributed by atoms with Gasteiger partial charge >= 0.3 is 0 Å². The van der Waals surface area contributed by atoms with Crippen LogP contribution in [0.3, 0.4) is 0 Å². The molecular weight excluding hydrogens is 374 g/mol. The molecule has 23 heavy (non-hydrogen) atoms. The fourth-order valence-electron chi connectivity index (χ4n) is 1.91. The van der Waals surface area contributed by atoms with Crippen LogP contribution in [-0.2, 0) is 0 Å². The summed E-state index contributed by atoms with van der Waals surface area (Å²) in [5.74, 6) is 0.328. The lowest BCUT2D eigenvalue weighted by Crippen LogP contribution is -2.10. The van der Waals surface area contributed by atoms with E-state index in [1.165, 1.54) is 0 Å². The molecule has 0 heterocycles. The average Bonchev–Trinajstić information content (AvgIpc) is 2.57. The van der Waals surface area contributed by atoms with Crippen molar-refractivity contribution >= 4 is 58.6 Å². The van der Waals surface area contributed by atoms with Crippen molar-refractivity contribution in [2.45, 2.75) is 26.4 Å². The Morgan fingerprint density at radius 2 is 1.48 bits per heavy atom. The van der Waals surface area contributed by atoms with E-state index in [-0.39, 0.29) is 16.1 Å². The van der Waals surface area contributed by atoms with Crippen molar-refractivity contribution in [1.29, 1.82) is 0 Å². The molecule has 1 atom stereocenters. The first-order valence-corrected chi connectivity index (χ1v) is 8.72. The Hall–Kier alpha value is -0.860. The molecule has 0 saturated carbocycles. The first kappa shape index (κ1) is 18.5. The Morgan fingerprint density at radius 1 is 0.913 bits per heavy atom. The van der Waals surface area contributed by atoms with Gasteiger partial charge in [-0.1, -0.05) is 95.8 Å². The molecule has 5 heteroatoms. The quantitative estimate of drug-likeness (QED) is 0.376. The van der Waals surface area contributed by atoms with Crippen molar-refractivity contribution in [2.75, 3.05) is 0 Å². The van der Waals surface area contributed by atoms with Gasteiger partial charge in [0.05, 0.1) is 16.1 Å². The minimum atomic E-state index is -0.0390. The Kier molecular flexibility index (Phi) is 6.67. The zero-order valence-corrected chi connectivity index (χ0v) is 15.8. The number of hydrogen-bond donors (Lipinski definition) is 0. The van der Waals surface area contributed by atoms with Gasteiger partial charge in [-0.2, -0.15) is 0 Å². The molecule has 0 spiro atoms. The molecule has 2 aromatic rings. The lowest BCUT2D eigenvalue weighted by Gasteiger charge is -2.18. The van der Waals surface area contributed by atoms with Crippen LogP contribution >= 0.6 is 46.4 Å². The fraction of sp³-hybridized carbons (Fsp3) is 0.222. The van der Waals surface area contributed by atoms with Gasteiger partial charge < -0.3 is 4.74 Å². The predicted molar refractivity (Wildman–Crippen MR) is 102 cm³/mol. The normalized spacial score (nSPS) is 12.6. The first-order chi connectivity index (χ1) is 11.0. The SMILES string of the molecule is CCC(C)Oc1c(Cl)c(Cl)c(C=Cc2ccccc2)c(Cl)c1Cl. The Labute approximate surface area is 156 Å². The minimum absolute atomic E-state index is 0.0390. The van der Waals surface area contributed by atoms with Crippen molar-refractivity contribution < 1.29 is 4.74 Å². The summed E-state index contributed by atoms with van der Waals surface area (Å²) < 4.78 is 5.75. The average molecular weight is 390 g/mol. The lowest BCUT2D eigenvalue weighted by molar-refractivity contribution is 0.218. The fourth-order valence-corrected chi connectivity index (χ4v) is 2.97. The highest BCUT2D eigenvalue weighted by molar-refractivity contribution is 6.50. The van der Waals surface area contributed by atoms with Crippen molar-refractivity contribution in [3.8, 4) is 5.75 Å². The second-order valence-corrected chi connectivity index (χ2v) is 6.59. The van der Waals surface area contributed by atoms with E-state index in [0.717, 1.165) is 12.0 Å². The molecule has 0 fully saturated rings. The van der Waals surface area contributed by atoms with Gasteiger partial charge in [-0.25, -0.2) is 0 Å². The number of benzene rings is 2. The molecule has 0 N–H and O–H groups in total. The van der Waals surface area contributed by atoms with Gasteiger partial charge in [-0.15, -0.1) is 0 Å². The Balaban J connectivity index is 2.44. The maximum absolute atomic E-state index is 6.36. The van der Waals surface area contributed by atoms with E-state index < -0.39 is 0 Å². The summed E-state index contributed by atoms with van der Waals surface area (Å²) in [6.45, 7) is 3.93. The molecule has 0 bridgehead atoms. The largest absolute Gasteiger partial charge is 0.487 e. The lowest BCUT2D eigenvalue weighted by atomic mass is 10.1. The van der Waals surface area contributed by atoms with Crippen LogP contribution in [0.2, 0.25) is 20.1 Å². The van der Waals surface area contributed by atoms with Gasteiger partial charge in [-0.05, 0) is 18.9 Å². The molecule has 0 radical (unpaired) electrons. The number of halogens is 4. The molecular formula is C18H16Cl4O. The summed E-state index contributed by atoms with van der Waals surface area (Å²) in [7, 11) is 0. The van der Waals surface area contributed by atoms with E-state index in [9.17, 15) is 0 Å². The minimum Gasteiger partial charge on any atom is -0.487 e. The highest BCUT2D eigenvalue weighted by atomic mass is 35.5. The summed E-state index contributed by atoms with van der Waals surface area (Å²) in [6.07, 6.45) is 4.47.